The molecule has 0 spiro atoms. The van der Waals surface area contributed by atoms with Crippen LogP contribution in [0.15, 0.2) is 17.0 Å². The zero-order valence-electron chi connectivity index (χ0n) is 16.0. The zero-order chi connectivity index (χ0) is 18.7. The van der Waals surface area contributed by atoms with Crippen molar-refractivity contribution in [2.24, 2.45) is 5.92 Å². The standard InChI is InChI=1S/C20H26N6O2.H2/c27-19(25-6-5-13(10-25)17-9-21-11-22-17)14-7-15-3-4-16(8-14)26(15)20-23-18(24-28-20)12-1-2-12;/h9,11-16H,1-8,10H2,(H,21,22);1H/t13-,14?,15?,16?;/m0./s1. The van der Waals surface area contributed by atoms with Crippen LogP contribution in [0.4, 0.5) is 6.01 Å². The van der Waals surface area contributed by atoms with E-state index in [4.69, 9.17) is 4.52 Å². The first-order valence-electron chi connectivity index (χ1n) is 10.6. The van der Waals surface area contributed by atoms with E-state index < -0.39 is 0 Å². The van der Waals surface area contributed by atoms with Crippen LogP contribution >= 0.6 is 0 Å². The van der Waals surface area contributed by atoms with Crippen molar-refractivity contribution >= 4 is 11.9 Å². The highest BCUT2D eigenvalue weighted by molar-refractivity contribution is 5.80. The Morgan fingerprint density at radius 2 is 1.96 bits per heavy atom. The molecule has 1 saturated carbocycles. The second-order valence-electron chi connectivity index (χ2n) is 8.95. The van der Waals surface area contributed by atoms with Gasteiger partial charge in [0.2, 0.25) is 5.91 Å². The molecule has 5 heterocycles. The topological polar surface area (TPSA) is 91.2 Å². The molecule has 28 heavy (non-hydrogen) atoms. The molecule has 1 N–H and O–H groups in total. The number of carbonyl (C=O) groups is 1. The van der Waals surface area contributed by atoms with E-state index in [1.165, 1.54) is 12.8 Å². The summed E-state index contributed by atoms with van der Waals surface area (Å²) in [6, 6.07) is 1.39. The number of hydrogen-bond donors (Lipinski definition) is 1. The third-order valence-electron chi connectivity index (χ3n) is 7.14. The maximum atomic E-state index is 13.2. The highest BCUT2D eigenvalue weighted by atomic mass is 16.5. The van der Waals surface area contributed by atoms with Gasteiger partial charge in [-0.15, -0.1) is 0 Å². The Labute approximate surface area is 165 Å². The highest BCUT2D eigenvalue weighted by Crippen LogP contribution is 2.44. The lowest BCUT2D eigenvalue weighted by Gasteiger charge is -2.38. The van der Waals surface area contributed by atoms with E-state index in [0.717, 1.165) is 56.7 Å². The maximum Gasteiger partial charge on any atom is 0.324 e. The number of likely N-dealkylation sites (tertiary alicyclic amines) is 1. The SMILES string of the molecule is O=C(C1CC2CCC(C1)N2c1nc(C2CC2)no1)N1CC[C@H](c2cnc[nH]2)C1.[HH]. The summed E-state index contributed by atoms with van der Waals surface area (Å²) in [6.45, 7) is 1.66. The van der Waals surface area contributed by atoms with Crippen molar-refractivity contribution in [2.45, 2.75) is 68.9 Å². The number of fused-ring (bicyclic) bond motifs is 2. The maximum absolute atomic E-state index is 13.2. The van der Waals surface area contributed by atoms with Crippen LogP contribution in [0.5, 0.6) is 0 Å². The molecule has 1 amide bonds. The summed E-state index contributed by atoms with van der Waals surface area (Å²) in [5.41, 5.74) is 1.15. The van der Waals surface area contributed by atoms with Crippen LogP contribution in [0.1, 0.15) is 69.7 Å². The number of anilines is 1. The molecule has 3 aliphatic heterocycles. The summed E-state index contributed by atoms with van der Waals surface area (Å²) >= 11 is 0. The molecule has 1 aliphatic carbocycles. The fraction of sp³-hybridized carbons (Fsp3) is 0.700. The number of hydrogen-bond acceptors (Lipinski definition) is 6. The van der Waals surface area contributed by atoms with Gasteiger partial charge in [-0.2, -0.15) is 4.98 Å². The Morgan fingerprint density at radius 1 is 1.14 bits per heavy atom. The summed E-state index contributed by atoms with van der Waals surface area (Å²) in [6.07, 6.45) is 11.0. The second kappa shape index (κ2) is 6.32. The van der Waals surface area contributed by atoms with E-state index in [1.807, 2.05) is 6.20 Å². The number of nitrogens with zero attached hydrogens (tertiary/aromatic N) is 5. The molecule has 3 saturated heterocycles. The van der Waals surface area contributed by atoms with Crippen molar-refractivity contribution in [1.82, 2.24) is 25.0 Å². The number of nitrogens with one attached hydrogen (secondary N) is 1. The molecule has 8 nitrogen and oxygen atoms in total. The molecule has 8 heteroatoms. The lowest BCUT2D eigenvalue weighted by atomic mass is 9.89. The first kappa shape index (κ1) is 16.6. The van der Waals surface area contributed by atoms with Crippen LogP contribution in [0.25, 0.3) is 0 Å². The molecule has 0 radical (unpaired) electrons. The summed E-state index contributed by atoms with van der Waals surface area (Å²) in [4.78, 5) is 29.6. The molecule has 6 rings (SSSR count). The van der Waals surface area contributed by atoms with Gasteiger partial charge in [0.15, 0.2) is 5.82 Å². The third kappa shape index (κ3) is 2.72. The number of H-pyrrole nitrogens is 1. The Morgan fingerprint density at radius 3 is 2.68 bits per heavy atom. The average molecular weight is 384 g/mol. The fourth-order valence-electron chi connectivity index (χ4n) is 5.49. The number of aromatic amines is 1. The molecule has 2 unspecified atom stereocenters. The molecule has 4 aliphatic rings. The fourth-order valence-corrected chi connectivity index (χ4v) is 5.49. The van der Waals surface area contributed by atoms with Crippen molar-refractivity contribution in [1.29, 1.82) is 0 Å². The summed E-state index contributed by atoms with van der Waals surface area (Å²) in [5, 5.41) is 4.19. The number of aromatic nitrogens is 4. The quantitative estimate of drug-likeness (QED) is 0.871. The number of rotatable bonds is 4. The van der Waals surface area contributed by atoms with Crippen molar-refractivity contribution < 1.29 is 10.7 Å². The van der Waals surface area contributed by atoms with E-state index >= 15 is 0 Å². The first-order chi connectivity index (χ1) is 13.8. The van der Waals surface area contributed by atoms with Gasteiger partial charge in [-0.25, -0.2) is 4.98 Å². The highest BCUT2D eigenvalue weighted by Gasteiger charge is 2.46. The Bertz CT molecular complexity index is 852. The van der Waals surface area contributed by atoms with Crippen molar-refractivity contribution in [3.8, 4) is 0 Å². The van der Waals surface area contributed by atoms with Crippen LogP contribution in [0.2, 0.25) is 0 Å². The van der Waals surface area contributed by atoms with E-state index in [0.29, 0.717) is 35.8 Å². The molecule has 2 bridgehead atoms. The number of imidazole rings is 1. The third-order valence-corrected chi connectivity index (χ3v) is 7.14. The number of carbonyl (C=O) groups excluding carboxylic acids is 1. The molecule has 3 atom stereocenters. The molecule has 150 valence electrons. The first-order valence-corrected chi connectivity index (χ1v) is 10.6. The summed E-state index contributed by atoms with van der Waals surface area (Å²) in [5.74, 6) is 2.23. The predicted octanol–water partition coefficient (Wildman–Crippen LogP) is 2.68. The average Bonchev–Trinajstić information content (AvgIpc) is 3.15. The van der Waals surface area contributed by atoms with Crippen molar-refractivity contribution in [3.05, 3.63) is 24.0 Å². The normalized spacial score (nSPS) is 32.3. The minimum Gasteiger partial charge on any atom is -0.348 e. The molecule has 2 aromatic rings. The molecular weight excluding hydrogens is 356 g/mol. The minimum absolute atomic E-state index is 0. The van der Waals surface area contributed by atoms with Crippen molar-refractivity contribution in [2.75, 3.05) is 18.0 Å². The van der Waals surface area contributed by atoms with Gasteiger partial charge in [-0.05, 0) is 44.9 Å². The molecule has 0 aromatic carbocycles. The van der Waals surface area contributed by atoms with Gasteiger partial charge in [-0.3, -0.25) is 4.79 Å². The van der Waals surface area contributed by atoms with Gasteiger partial charge in [0.1, 0.15) is 0 Å². The monoisotopic (exact) mass is 384 g/mol. The Balaban J connectivity index is 0.00000181. The Hall–Kier alpha value is -2.38. The lowest BCUT2D eigenvalue weighted by molar-refractivity contribution is -0.135. The van der Waals surface area contributed by atoms with E-state index in [2.05, 4.69) is 29.9 Å². The summed E-state index contributed by atoms with van der Waals surface area (Å²) in [7, 11) is 0. The number of amides is 1. The Kier molecular flexibility index (Phi) is 3.74. The zero-order valence-corrected chi connectivity index (χ0v) is 16.0. The van der Waals surface area contributed by atoms with Gasteiger partial charge >= 0.3 is 6.01 Å². The van der Waals surface area contributed by atoms with Crippen LogP contribution in [-0.4, -0.2) is 56.1 Å². The van der Waals surface area contributed by atoms with Crippen LogP contribution in [-0.2, 0) is 4.79 Å². The van der Waals surface area contributed by atoms with Crippen LogP contribution in [0.3, 0.4) is 0 Å². The van der Waals surface area contributed by atoms with E-state index in [9.17, 15) is 4.79 Å². The lowest BCUT2D eigenvalue weighted by Crippen LogP contribution is -2.47. The van der Waals surface area contributed by atoms with E-state index in [-0.39, 0.29) is 7.34 Å². The van der Waals surface area contributed by atoms with Gasteiger partial charge in [-0.1, -0.05) is 5.16 Å². The van der Waals surface area contributed by atoms with Crippen LogP contribution in [0, 0.1) is 5.92 Å². The van der Waals surface area contributed by atoms with Crippen LogP contribution < -0.4 is 4.90 Å². The van der Waals surface area contributed by atoms with Gasteiger partial charge < -0.3 is 19.3 Å². The smallest absolute Gasteiger partial charge is 0.324 e. The molecule has 4 fully saturated rings. The van der Waals surface area contributed by atoms with Gasteiger partial charge in [0.05, 0.1) is 6.33 Å². The largest absolute Gasteiger partial charge is 0.348 e. The van der Waals surface area contributed by atoms with Gasteiger partial charge in [0.25, 0.3) is 0 Å². The molecular formula is C20H28N6O2. The van der Waals surface area contributed by atoms with E-state index in [1.54, 1.807) is 6.33 Å². The molecule has 2 aromatic heterocycles. The summed E-state index contributed by atoms with van der Waals surface area (Å²) < 4.78 is 5.60. The van der Waals surface area contributed by atoms with Gasteiger partial charge in [0, 0.05) is 56.2 Å². The number of piperidine rings is 1. The predicted molar refractivity (Wildman–Crippen MR) is 103 cm³/mol. The second-order valence-corrected chi connectivity index (χ2v) is 8.95. The minimum atomic E-state index is 0. The van der Waals surface area contributed by atoms with Crippen molar-refractivity contribution in [3.63, 3.8) is 0 Å².